The molecule has 7 heteroatoms. The highest BCUT2D eigenvalue weighted by Crippen LogP contribution is 2.30. The number of methoxy groups -OCH3 is 1. The molecule has 0 unspecified atom stereocenters. The van der Waals surface area contributed by atoms with Crippen molar-refractivity contribution in [3.8, 4) is 11.4 Å². The summed E-state index contributed by atoms with van der Waals surface area (Å²) in [4.78, 5) is 8.21. The first-order valence-corrected chi connectivity index (χ1v) is 9.44. The van der Waals surface area contributed by atoms with Crippen molar-refractivity contribution in [3.05, 3.63) is 46.3 Å². The topological polar surface area (TPSA) is 56.3 Å². The number of thiophene rings is 1. The largest absolute Gasteiger partial charge is 0.451 e. The van der Waals surface area contributed by atoms with Crippen LogP contribution in [-0.2, 0) is 30.8 Å². The SMILES string of the molecule is COCCCn1nc(-c2cocn2)c2c1CCN(Cc1cccs1)C2. The number of hydrogen-bond acceptors (Lipinski definition) is 6. The molecule has 0 radical (unpaired) electrons. The molecule has 0 saturated heterocycles. The van der Waals surface area contributed by atoms with Crippen molar-refractivity contribution in [2.24, 2.45) is 0 Å². The average molecular weight is 358 g/mol. The molecular formula is C18H22N4O2S. The minimum Gasteiger partial charge on any atom is -0.451 e. The van der Waals surface area contributed by atoms with Gasteiger partial charge in [0.2, 0.25) is 0 Å². The maximum Gasteiger partial charge on any atom is 0.181 e. The zero-order valence-electron chi connectivity index (χ0n) is 14.4. The number of aryl methyl sites for hydroxylation is 1. The van der Waals surface area contributed by atoms with Gasteiger partial charge in [0, 0.05) is 62.5 Å². The molecule has 4 rings (SSSR count). The Bertz CT molecular complexity index is 796. The first-order chi connectivity index (χ1) is 12.3. The van der Waals surface area contributed by atoms with Crippen LogP contribution >= 0.6 is 11.3 Å². The molecule has 0 atom stereocenters. The number of oxazole rings is 1. The normalized spacial score (nSPS) is 14.8. The molecule has 0 saturated carbocycles. The van der Waals surface area contributed by atoms with Gasteiger partial charge in [-0.25, -0.2) is 4.98 Å². The number of fused-ring (bicyclic) bond motifs is 1. The third kappa shape index (κ3) is 3.53. The monoisotopic (exact) mass is 358 g/mol. The van der Waals surface area contributed by atoms with Crippen LogP contribution in [0.5, 0.6) is 0 Å². The second-order valence-corrected chi connectivity index (χ2v) is 7.29. The molecule has 132 valence electrons. The molecule has 0 aromatic carbocycles. The quantitative estimate of drug-likeness (QED) is 0.607. The summed E-state index contributed by atoms with van der Waals surface area (Å²) in [6.07, 6.45) is 5.12. The summed E-state index contributed by atoms with van der Waals surface area (Å²) >= 11 is 1.81. The molecule has 4 heterocycles. The zero-order chi connectivity index (χ0) is 17.1. The van der Waals surface area contributed by atoms with Crippen LogP contribution in [0, 0.1) is 0 Å². The molecule has 3 aromatic heterocycles. The molecule has 0 fully saturated rings. The summed E-state index contributed by atoms with van der Waals surface area (Å²) in [5.74, 6) is 0. The number of hydrogen-bond donors (Lipinski definition) is 0. The number of ether oxygens (including phenoxy) is 1. The van der Waals surface area contributed by atoms with Crippen molar-refractivity contribution in [1.82, 2.24) is 19.7 Å². The highest BCUT2D eigenvalue weighted by atomic mass is 32.1. The molecule has 0 N–H and O–H groups in total. The van der Waals surface area contributed by atoms with Crippen LogP contribution in [0.3, 0.4) is 0 Å². The van der Waals surface area contributed by atoms with Crippen LogP contribution in [0.25, 0.3) is 11.4 Å². The molecule has 0 bridgehead atoms. The Hall–Kier alpha value is -1.96. The average Bonchev–Trinajstić information content (AvgIpc) is 3.36. The first kappa shape index (κ1) is 16.5. The summed E-state index contributed by atoms with van der Waals surface area (Å²) in [6, 6.07) is 4.32. The fourth-order valence-electron chi connectivity index (χ4n) is 3.38. The van der Waals surface area contributed by atoms with E-state index in [1.54, 1.807) is 13.4 Å². The predicted octanol–water partition coefficient (Wildman–Crippen LogP) is 3.19. The smallest absolute Gasteiger partial charge is 0.181 e. The summed E-state index contributed by atoms with van der Waals surface area (Å²) in [5.41, 5.74) is 4.39. The van der Waals surface area contributed by atoms with Gasteiger partial charge in [0.05, 0.1) is 0 Å². The third-order valence-electron chi connectivity index (χ3n) is 4.57. The summed E-state index contributed by atoms with van der Waals surface area (Å²) in [6.45, 7) is 4.57. The van der Waals surface area contributed by atoms with E-state index < -0.39 is 0 Å². The molecule has 0 spiro atoms. The molecule has 0 amide bonds. The fourth-order valence-corrected chi connectivity index (χ4v) is 4.13. The van der Waals surface area contributed by atoms with Crippen LogP contribution in [0.2, 0.25) is 0 Å². The minimum atomic E-state index is 0.748. The van der Waals surface area contributed by atoms with Crippen molar-refractivity contribution in [1.29, 1.82) is 0 Å². The summed E-state index contributed by atoms with van der Waals surface area (Å²) < 4.78 is 12.5. The standard InChI is InChI=1S/C18H22N4O2S/c1-23-8-3-6-22-17-5-7-21(10-14-4-2-9-25-14)11-15(17)18(20-22)16-12-24-13-19-16/h2,4,9,12-13H,3,5-8,10-11H2,1H3. The fraction of sp³-hybridized carbons (Fsp3) is 0.444. The van der Waals surface area contributed by atoms with Gasteiger partial charge >= 0.3 is 0 Å². The van der Waals surface area contributed by atoms with Crippen LogP contribution in [-0.4, -0.2) is 39.9 Å². The van der Waals surface area contributed by atoms with Crippen molar-refractivity contribution >= 4 is 11.3 Å². The van der Waals surface area contributed by atoms with Crippen LogP contribution in [0.1, 0.15) is 22.6 Å². The molecule has 0 aliphatic carbocycles. The van der Waals surface area contributed by atoms with Crippen molar-refractivity contribution < 1.29 is 9.15 Å². The maximum atomic E-state index is 5.19. The molecule has 1 aliphatic rings. The lowest BCUT2D eigenvalue weighted by molar-refractivity contribution is 0.188. The van der Waals surface area contributed by atoms with Gasteiger partial charge in [-0.15, -0.1) is 11.3 Å². The number of rotatable bonds is 7. The van der Waals surface area contributed by atoms with Gasteiger partial charge in [0.25, 0.3) is 0 Å². The van der Waals surface area contributed by atoms with Gasteiger partial charge in [-0.1, -0.05) is 6.07 Å². The van der Waals surface area contributed by atoms with E-state index in [1.807, 2.05) is 11.3 Å². The van der Waals surface area contributed by atoms with E-state index in [1.165, 1.54) is 22.5 Å². The zero-order valence-corrected chi connectivity index (χ0v) is 15.2. The van der Waals surface area contributed by atoms with Gasteiger partial charge in [0.1, 0.15) is 17.7 Å². The lowest BCUT2D eigenvalue weighted by atomic mass is 10.0. The second kappa shape index (κ2) is 7.51. The summed E-state index contributed by atoms with van der Waals surface area (Å²) in [7, 11) is 1.74. The Morgan fingerprint density at radius 1 is 1.40 bits per heavy atom. The van der Waals surface area contributed by atoms with E-state index in [2.05, 4.69) is 32.1 Å². The van der Waals surface area contributed by atoms with Gasteiger partial charge in [-0.3, -0.25) is 9.58 Å². The van der Waals surface area contributed by atoms with Gasteiger partial charge in [-0.2, -0.15) is 5.10 Å². The van der Waals surface area contributed by atoms with Crippen LogP contribution < -0.4 is 0 Å². The Labute approximate surface area is 151 Å². The van der Waals surface area contributed by atoms with Gasteiger partial charge in [-0.05, 0) is 17.9 Å². The lowest BCUT2D eigenvalue weighted by Gasteiger charge is -2.27. The first-order valence-electron chi connectivity index (χ1n) is 8.56. The van der Waals surface area contributed by atoms with Gasteiger partial charge in [0.15, 0.2) is 6.39 Å². The lowest BCUT2D eigenvalue weighted by Crippen LogP contribution is -2.30. The molecule has 25 heavy (non-hydrogen) atoms. The highest BCUT2D eigenvalue weighted by Gasteiger charge is 2.26. The van der Waals surface area contributed by atoms with Crippen LogP contribution in [0.15, 0.2) is 34.6 Å². The van der Waals surface area contributed by atoms with Crippen molar-refractivity contribution in [2.75, 3.05) is 20.3 Å². The van der Waals surface area contributed by atoms with E-state index in [-0.39, 0.29) is 0 Å². The number of aromatic nitrogens is 3. The van der Waals surface area contributed by atoms with Gasteiger partial charge < -0.3 is 9.15 Å². The Kier molecular flexibility index (Phi) is 4.96. The van der Waals surface area contributed by atoms with E-state index in [4.69, 9.17) is 14.3 Å². The van der Waals surface area contributed by atoms with E-state index in [0.29, 0.717) is 0 Å². The minimum absolute atomic E-state index is 0.748. The Balaban J connectivity index is 1.60. The molecule has 6 nitrogen and oxygen atoms in total. The third-order valence-corrected chi connectivity index (χ3v) is 5.43. The van der Waals surface area contributed by atoms with E-state index in [0.717, 1.165) is 57.0 Å². The molecule has 3 aromatic rings. The highest BCUT2D eigenvalue weighted by molar-refractivity contribution is 7.09. The van der Waals surface area contributed by atoms with Crippen molar-refractivity contribution in [3.63, 3.8) is 0 Å². The maximum absolute atomic E-state index is 5.19. The summed E-state index contributed by atoms with van der Waals surface area (Å²) in [5, 5.41) is 6.99. The second-order valence-electron chi connectivity index (χ2n) is 6.26. The van der Waals surface area contributed by atoms with Crippen LogP contribution in [0.4, 0.5) is 0 Å². The van der Waals surface area contributed by atoms with Crippen molar-refractivity contribution in [2.45, 2.75) is 32.5 Å². The Morgan fingerprint density at radius 3 is 3.12 bits per heavy atom. The Morgan fingerprint density at radius 2 is 2.36 bits per heavy atom. The molecule has 1 aliphatic heterocycles. The van der Waals surface area contributed by atoms with E-state index >= 15 is 0 Å². The predicted molar refractivity (Wildman–Crippen MR) is 96.4 cm³/mol. The number of nitrogens with zero attached hydrogens (tertiary/aromatic N) is 4. The van der Waals surface area contributed by atoms with E-state index in [9.17, 15) is 0 Å². The molecular weight excluding hydrogens is 336 g/mol.